The van der Waals surface area contributed by atoms with E-state index in [0.29, 0.717) is 19.4 Å². The number of carboxylic acid groups (broad SMARTS) is 1. The van der Waals surface area contributed by atoms with Gasteiger partial charge in [0, 0.05) is 12.2 Å². The Bertz CT molecular complexity index is 488. The summed E-state index contributed by atoms with van der Waals surface area (Å²) in [5, 5.41) is 8.96. The van der Waals surface area contributed by atoms with Crippen LogP contribution in [0, 0.1) is 0 Å². The van der Waals surface area contributed by atoms with Gasteiger partial charge < -0.3 is 14.7 Å². The van der Waals surface area contributed by atoms with Crippen molar-refractivity contribution in [1.29, 1.82) is 0 Å². The molecule has 0 spiro atoms. The van der Waals surface area contributed by atoms with Crippen molar-refractivity contribution in [1.82, 2.24) is 0 Å². The first-order chi connectivity index (χ1) is 10.1. The van der Waals surface area contributed by atoms with E-state index in [-0.39, 0.29) is 5.91 Å². The van der Waals surface area contributed by atoms with E-state index in [2.05, 4.69) is 6.92 Å². The first-order valence-corrected chi connectivity index (χ1v) is 7.38. The number of benzene rings is 1. The monoisotopic (exact) mass is 291 g/mol. The largest absolute Gasteiger partial charge is 0.479 e. The molecule has 1 aliphatic heterocycles. The molecule has 0 aliphatic carbocycles. The zero-order valence-corrected chi connectivity index (χ0v) is 12.2. The summed E-state index contributed by atoms with van der Waals surface area (Å²) in [4.78, 5) is 25.3. The summed E-state index contributed by atoms with van der Waals surface area (Å²) >= 11 is 0. The lowest BCUT2D eigenvalue weighted by molar-refractivity contribution is -0.151. The van der Waals surface area contributed by atoms with Crippen molar-refractivity contribution in [3.05, 3.63) is 30.3 Å². The Kier molecular flexibility index (Phi) is 5.33. The van der Waals surface area contributed by atoms with Crippen molar-refractivity contribution < 1.29 is 19.4 Å². The molecule has 2 atom stereocenters. The topological polar surface area (TPSA) is 66.8 Å². The van der Waals surface area contributed by atoms with Gasteiger partial charge in [0.25, 0.3) is 5.91 Å². The molecule has 1 aromatic carbocycles. The van der Waals surface area contributed by atoms with E-state index in [9.17, 15) is 9.59 Å². The summed E-state index contributed by atoms with van der Waals surface area (Å²) in [6.45, 7) is 2.69. The molecule has 1 saturated heterocycles. The lowest BCUT2D eigenvalue weighted by Crippen LogP contribution is -2.40. The van der Waals surface area contributed by atoms with Crippen molar-refractivity contribution in [3.8, 4) is 0 Å². The second-order valence-electron chi connectivity index (χ2n) is 5.21. The van der Waals surface area contributed by atoms with Crippen LogP contribution in [-0.4, -0.2) is 35.7 Å². The zero-order valence-electron chi connectivity index (χ0n) is 12.2. The van der Waals surface area contributed by atoms with E-state index >= 15 is 0 Å². The maximum atomic E-state index is 12.6. The fraction of sp³-hybridized carbons (Fsp3) is 0.500. The lowest BCUT2D eigenvalue weighted by Gasteiger charge is -2.25. The Morgan fingerprint density at radius 3 is 2.48 bits per heavy atom. The van der Waals surface area contributed by atoms with Crippen molar-refractivity contribution in [2.24, 2.45) is 0 Å². The first kappa shape index (κ1) is 15.5. The Labute approximate surface area is 124 Å². The van der Waals surface area contributed by atoms with Crippen LogP contribution >= 0.6 is 0 Å². The third kappa shape index (κ3) is 3.82. The highest BCUT2D eigenvalue weighted by molar-refractivity contribution is 5.97. The third-order valence-corrected chi connectivity index (χ3v) is 3.64. The van der Waals surface area contributed by atoms with E-state index in [1.165, 1.54) is 0 Å². The summed E-state index contributed by atoms with van der Waals surface area (Å²) in [6, 6.07) is 9.45. The number of nitrogens with zero attached hydrogens (tertiary/aromatic N) is 1. The average Bonchev–Trinajstić information content (AvgIpc) is 2.98. The number of para-hydroxylation sites is 1. The third-order valence-electron chi connectivity index (χ3n) is 3.64. The van der Waals surface area contributed by atoms with Gasteiger partial charge in [-0.05, 0) is 31.4 Å². The molecule has 1 fully saturated rings. The molecule has 1 heterocycles. The molecule has 1 N–H and O–H groups in total. The van der Waals surface area contributed by atoms with Gasteiger partial charge in [0.2, 0.25) is 0 Å². The number of carbonyl (C=O) groups is 2. The van der Waals surface area contributed by atoms with Crippen LogP contribution in [0.1, 0.15) is 32.6 Å². The van der Waals surface area contributed by atoms with Gasteiger partial charge in [-0.25, -0.2) is 4.79 Å². The second kappa shape index (κ2) is 7.22. The van der Waals surface area contributed by atoms with Gasteiger partial charge in [-0.15, -0.1) is 0 Å². The number of rotatable bonds is 6. The second-order valence-corrected chi connectivity index (χ2v) is 5.21. The van der Waals surface area contributed by atoms with Crippen molar-refractivity contribution in [3.63, 3.8) is 0 Å². The summed E-state index contributed by atoms with van der Waals surface area (Å²) in [6.07, 6.45) is 1.23. The van der Waals surface area contributed by atoms with E-state index in [1.54, 1.807) is 4.90 Å². The minimum absolute atomic E-state index is 0.140. The minimum atomic E-state index is -0.995. The smallest absolute Gasteiger partial charge is 0.332 e. The number of carboxylic acids is 1. The van der Waals surface area contributed by atoms with Crippen LogP contribution in [-0.2, 0) is 14.3 Å². The fourth-order valence-electron chi connectivity index (χ4n) is 2.46. The van der Waals surface area contributed by atoms with Crippen molar-refractivity contribution in [2.45, 2.75) is 44.8 Å². The van der Waals surface area contributed by atoms with Crippen LogP contribution in [0.3, 0.4) is 0 Å². The van der Waals surface area contributed by atoms with Crippen molar-refractivity contribution in [2.75, 3.05) is 11.4 Å². The Balaban J connectivity index is 2.10. The predicted octanol–water partition coefficient (Wildman–Crippen LogP) is 2.45. The van der Waals surface area contributed by atoms with Crippen LogP contribution in [0.15, 0.2) is 30.3 Å². The molecule has 5 nitrogen and oxygen atoms in total. The van der Waals surface area contributed by atoms with Crippen LogP contribution in [0.25, 0.3) is 0 Å². The van der Waals surface area contributed by atoms with Gasteiger partial charge in [0.05, 0.1) is 0 Å². The molecular weight excluding hydrogens is 270 g/mol. The number of hydrogen-bond acceptors (Lipinski definition) is 3. The Morgan fingerprint density at radius 2 is 1.90 bits per heavy atom. The molecule has 114 valence electrons. The molecule has 2 rings (SSSR count). The average molecular weight is 291 g/mol. The molecule has 0 saturated carbocycles. The number of anilines is 1. The van der Waals surface area contributed by atoms with Crippen LogP contribution in [0.5, 0.6) is 0 Å². The number of unbranched alkanes of at least 4 members (excludes halogenated alkanes) is 1. The molecule has 5 heteroatoms. The van der Waals surface area contributed by atoms with Crippen LogP contribution in [0.4, 0.5) is 5.69 Å². The normalized spacial score (nSPS) is 21.2. The van der Waals surface area contributed by atoms with Gasteiger partial charge >= 0.3 is 5.97 Å². The quantitative estimate of drug-likeness (QED) is 0.874. The standard InChI is InChI=1S/C16H21NO4/c1-2-3-11-17(12-7-5-4-6-8-12)15(18)13-9-10-14(21-13)16(19)20/h4-8,13-14H,2-3,9-11H2,1H3,(H,19,20)/t13-,14+/m0/s1. The van der Waals surface area contributed by atoms with Gasteiger partial charge in [-0.3, -0.25) is 4.79 Å². The van der Waals surface area contributed by atoms with E-state index in [4.69, 9.17) is 9.84 Å². The fourth-order valence-corrected chi connectivity index (χ4v) is 2.46. The number of hydrogen-bond donors (Lipinski definition) is 1. The van der Waals surface area contributed by atoms with Gasteiger partial charge in [-0.2, -0.15) is 0 Å². The molecule has 1 aliphatic rings. The van der Waals surface area contributed by atoms with E-state index in [0.717, 1.165) is 18.5 Å². The molecule has 1 amide bonds. The summed E-state index contributed by atoms with van der Waals surface area (Å²) in [5.74, 6) is -1.14. The first-order valence-electron chi connectivity index (χ1n) is 7.38. The maximum absolute atomic E-state index is 12.6. The Morgan fingerprint density at radius 1 is 1.24 bits per heavy atom. The van der Waals surface area contributed by atoms with Crippen LogP contribution in [0.2, 0.25) is 0 Å². The van der Waals surface area contributed by atoms with E-state index < -0.39 is 18.2 Å². The molecule has 0 unspecified atom stereocenters. The molecule has 0 aromatic heterocycles. The number of carbonyl (C=O) groups excluding carboxylic acids is 1. The SMILES string of the molecule is CCCCN(C(=O)[C@@H]1CC[C@H](C(=O)O)O1)c1ccccc1. The summed E-state index contributed by atoms with van der Waals surface area (Å²) in [5.41, 5.74) is 0.832. The highest BCUT2D eigenvalue weighted by atomic mass is 16.5. The predicted molar refractivity (Wildman–Crippen MR) is 79.2 cm³/mol. The van der Waals surface area contributed by atoms with Gasteiger partial charge in [0.15, 0.2) is 6.10 Å². The molecule has 0 bridgehead atoms. The van der Waals surface area contributed by atoms with Gasteiger partial charge in [-0.1, -0.05) is 31.5 Å². The Hall–Kier alpha value is -1.88. The number of ether oxygens (including phenoxy) is 1. The van der Waals surface area contributed by atoms with Gasteiger partial charge in [0.1, 0.15) is 6.10 Å². The van der Waals surface area contributed by atoms with Crippen LogP contribution < -0.4 is 4.90 Å². The number of amides is 1. The lowest BCUT2D eigenvalue weighted by atomic mass is 10.1. The maximum Gasteiger partial charge on any atom is 0.332 e. The summed E-state index contributed by atoms with van der Waals surface area (Å²) in [7, 11) is 0. The number of aliphatic carboxylic acids is 1. The molecule has 21 heavy (non-hydrogen) atoms. The zero-order chi connectivity index (χ0) is 15.2. The highest BCUT2D eigenvalue weighted by Crippen LogP contribution is 2.24. The van der Waals surface area contributed by atoms with Crippen molar-refractivity contribution >= 4 is 17.6 Å². The minimum Gasteiger partial charge on any atom is -0.479 e. The highest BCUT2D eigenvalue weighted by Gasteiger charge is 2.37. The molecule has 0 radical (unpaired) electrons. The van der Waals surface area contributed by atoms with E-state index in [1.807, 2.05) is 30.3 Å². The summed E-state index contributed by atoms with van der Waals surface area (Å²) < 4.78 is 5.38. The molecule has 1 aromatic rings. The molecular formula is C16H21NO4.